The molecule has 0 amide bonds. The van der Waals surface area contributed by atoms with E-state index in [0.29, 0.717) is 6.04 Å². The predicted octanol–water partition coefficient (Wildman–Crippen LogP) is 3.26. The standard InChI is InChI=1S/C12H14ClFN2/c13-9-5-12-11(6-10(9)14)15-7-8-3-1-2-4-16(8)12/h5-6,8,15H,1-4,7H2. The van der Waals surface area contributed by atoms with Crippen LogP contribution in [-0.4, -0.2) is 19.1 Å². The van der Waals surface area contributed by atoms with Gasteiger partial charge in [-0.3, -0.25) is 0 Å². The van der Waals surface area contributed by atoms with Gasteiger partial charge in [-0.1, -0.05) is 11.6 Å². The van der Waals surface area contributed by atoms with Crippen LogP contribution >= 0.6 is 11.6 Å². The Kier molecular flexibility index (Phi) is 2.43. The monoisotopic (exact) mass is 240 g/mol. The van der Waals surface area contributed by atoms with Crippen LogP contribution in [-0.2, 0) is 0 Å². The summed E-state index contributed by atoms with van der Waals surface area (Å²) in [5.41, 5.74) is 1.93. The first kappa shape index (κ1) is 10.2. The lowest BCUT2D eigenvalue weighted by Gasteiger charge is -2.42. The molecule has 2 aliphatic heterocycles. The molecule has 1 fully saturated rings. The summed E-state index contributed by atoms with van der Waals surface area (Å²) in [5, 5.41) is 3.50. The molecule has 1 aromatic carbocycles. The molecule has 2 heterocycles. The smallest absolute Gasteiger partial charge is 0.143 e. The summed E-state index contributed by atoms with van der Waals surface area (Å²) >= 11 is 5.85. The van der Waals surface area contributed by atoms with Gasteiger partial charge in [-0.15, -0.1) is 0 Å². The average Bonchev–Trinajstić information content (AvgIpc) is 2.31. The van der Waals surface area contributed by atoms with Crippen molar-refractivity contribution < 1.29 is 4.39 Å². The minimum absolute atomic E-state index is 0.215. The maximum absolute atomic E-state index is 13.3. The van der Waals surface area contributed by atoms with Crippen molar-refractivity contribution in [1.29, 1.82) is 0 Å². The molecule has 3 rings (SSSR count). The molecular weight excluding hydrogens is 227 g/mol. The zero-order valence-corrected chi connectivity index (χ0v) is 9.73. The second-order valence-corrected chi connectivity index (χ2v) is 4.91. The van der Waals surface area contributed by atoms with Gasteiger partial charge in [-0.05, 0) is 25.3 Å². The molecule has 0 saturated carbocycles. The fourth-order valence-electron chi connectivity index (χ4n) is 2.67. The van der Waals surface area contributed by atoms with E-state index < -0.39 is 0 Å². The van der Waals surface area contributed by atoms with E-state index in [-0.39, 0.29) is 10.8 Å². The van der Waals surface area contributed by atoms with E-state index in [1.54, 1.807) is 6.07 Å². The molecule has 1 N–H and O–H groups in total. The van der Waals surface area contributed by atoms with E-state index >= 15 is 0 Å². The second-order valence-electron chi connectivity index (χ2n) is 4.51. The highest BCUT2D eigenvalue weighted by Gasteiger charge is 2.28. The second kappa shape index (κ2) is 3.81. The van der Waals surface area contributed by atoms with Crippen molar-refractivity contribution >= 4 is 23.0 Å². The number of rotatable bonds is 0. The van der Waals surface area contributed by atoms with Crippen LogP contribution in [0.2, 0.25) is 5.02 Å². The van der Waals surface area contributed by atoms with Crippen molar-refractivity contribution in [2.75, 3.05) is 23.3 Å². The number of anilines is 2. The Morgan fingerprint density at radius 2 is 2.25 bits per heavy atom. The van der Waals surface area contributed by atoms with Crippen LogP contribution in [0.25, 0.3) is 0 Å². The summed E-state index contributed by atoms with van der Waals surface area (Å²) in [7, 11) is 0. The van der Waals surface area contributed by atoms with Crippen LogP contribution in [0.15, 0.2) is 12.1 Å². The number of benzene rings is 1. The van der Waals surface area contributed by atoms with Crippen molar-refractivity contribution in [2.24, 2.45) is 0 Å². The molecule has 1 aromatic rings. The number of piperidine rings is 1. The summed E-state index contributed by atoms with van der Waals surface area (Å²) in [6.07, 6.45) is 3.71. The topological polar surface area (TPSA) is 15.3 Å². The highest BCUT2D eigenvalue weighted by atomic mass is 35.5. The molecule has 16 heavy (non-hydrogen) atoms. The third kappa shape index (κ3) is 1.54. The molecule has 0 aliphatic carbocycles. The van der Waals surface area contributed by atoms with Crippen LogP contribution in [0.1, 0.15) is 19.3 Å². The number of hydrogen-bond donors (Lipinski definition) is 1. The molecule has 1 saturated heterocycles. The Bertz CT molecular complexity index is 422. The summed E-state index contributed by atoms with van der Waals surface area (Å²) < 4.78 is 13.3. The average molecular weight is 241 g/mol. The van der Waals surface area contributed by atoms with Crippen LogP contribution in [0, 0.1) is 5.82 Å². The zero-order valence-electron chi connectivity index (χ0n) is 8.97. The largest absolute Gasteiger partial charge is 0.381 e. The highest BCUT2D eigenvalue weighted by Crippen LogP contribution is 2.38. The number of hydrogen-bond acceptors (Lipinski definition) is 2. The molecule has 2 aliphatic rings. The summed E-state index contributed by atoms with van der Waals surface area (Å²) in [4.78, 5) is 2.36. The maximum atomic E-state index is 13.3. The Morgan fingerprint density at radius 1 is 1.38 bits per heavy atom. The Morgan fingerprint density at radius 3 is 3.12 bits per heavy atom. The first-order valence-electron chi connectivity index (χ1n) is 5.75. The Balaban J connectivity index is 2.04. The maximum Gasteiger partial charge on any atom is 0.143 e. The third-order valence-corrected chi connectivity index (χ3v) is 3.79. The van der Waals surface area contributed by atoms with Crippen molar-refractivity contribution in [1.82, 2.24) is 0 Å². The number of halogens is 2. The van der Waals surface area contributed by atoms with E-state index in [4.69, 9.17) is 11.6 Å². The van der Waals surface area contributed by atoms with Gasteiger partial charge >= 0.3 is 0 Å². The van der Waals surface area contributed by atoms with Crippen LogP contribution in [0.5, 0.6) is 0 Å². The van der Waals surface area contributed by atoms with Gasteiger partial charge in [0, 0.05) is 25.2 Å². The van der Waals surface area contributed by atoms with E-state index in [1.165, 1.54) is 25.3 Å². The van der Waals surface area contributed by atoms with Gasteiger partial charge in [-0.25, -0.2) is 4.39 Å². The van der Waals surface area contributed by atoms with Gasteiger partial charge in [-0.2, -0.15) is 0 Å². The quantitative estimate of drug-likeness (QED) is 0.749. The molecular formula is C12H14ClFN2. The van der Waals surface area contributed by atoms with E-state index in [0.717, 1.165) is 24.5 Å². The number of fused-ring (bicyclic) bond motifs is 3. The number of nitrogens with one attached hydrogen (secondary N) is 1. The molecule has 0 spiro atoms. The molecule has 0 bridgehead atoms. The van der Waals surface area contributed by atoms with Gasteiger partial charge in [0.05, 0.1) is 16.4 Å². The molecule has 0 radical (unpaired) electrons. The number of nitrogens with zero attached hydrogens (tertiary/aromatic N) is 1. The fourth-order valence-corrected chi connectivity index (χ4v) is 2.83. The Labute approximate surface area is 99.4 Å². The van der Waals surface area contributed by atoms with Gasteiger partial charge in [0.1, 0.15) is 5.82 Å². The fraction of sp³-hybridized carbons (Fsp3) is 0.500. The summed E-state index contributed by atoms with van der Waals surface area (Å²) in [5.74, 6) is -0.344. The van der Waals surface area contributed by atoms with Gasteiger partial charge in [0.25, 0.3) is 0 Å². The lowest BCUT2D eigenvalue weighted by Crippen LogP contribution is -2.47. The van der Waals surface area contributed by atoms with E-state index in [1.807, 2.05) is 0 Å². The molecule has 1 unspecified atom stereocenters. The normalized spacial score (nSPS) is 23.4. The molecule has 1 atom stereocenters. The Hall–Kier alpha value is -0.960. The zero-order chi connectivity index (χ0) is 11.1. The molecule has 0 aromatic heterocycles. The minimum atomic E-state index is -0.344. The molecule has 4 heteroatoms. The minimum Gasteiger partial charge on any atom is -0.381 e. The van der Waals surface area contributed by atoms with Gasteiger partial charge in [0.2, 0.25) is 0 Å². The first-order chi connectivity index (χ1) is 7.75. The molecule has 86 valence electrons. The van der Waals surface area contributed by atoms with Crippen LogP contribution in [0.3, 0.4) is 0 Å². The van der Waals surface area contributed by atoms with Gasteiger partial charge in [0.15, 0.2) is 0 Å². The molecule has 2 nitrogen and oxygen atoms in total. The van der Waals surface area contributed by atoms with Crippen LogP contribution in [0.4, 0.5) is 15.8 Å². The van der Waals surface area contributed by atoms with Gasteiger partial charge < -0.3 is 10.2 Å². The summed E-state index contributed by atoms with van der Waals surface area (Å²) in [6.45, 7) is 1.97. The third-order valence-electron chi connectivity index (χ3n) is 3.50. The van der Waals surface area contributed by atoms with Crippen molar-refractivity contribution in [3.05, 3.63) is 23.0 Å². The SMILES string of the molecule is Fc1cc2c(cc1Cl)N1CCCCC1CN2. The lowest BCUT2D eigenvalue weighted by atomic mass is 9.98. The van der Waals surface area contributed by atoms with Crippen molar-refractivity contribution in [2.45, 2.75) is 25.3 Å². The van der Waals surface area contributed by atoms with E-state index in [9.17, 15) is 4.39 Å². The lowest BCUT2D eigenvalue weighted by molar-refractivity contribution is 0.465. The first-order valence-corrected chi connectivity index (χ1v) is 6.13. The predicted molar refractivity (Wildman–Crippen MR) is 64.9 cm³/mol. The van der Waals surface area contributed by atoms with Crippen LogP contribution < -0.4 is 10.2 Å². The summed E-state index contributed by atoms with van der Waals surface area (Å²) in [6, 6.07) is 3.79. The van der Waals surface area contributed by atoms with E-state index in [2.05, 4.69) is 10.2 Å². The highest BCUT2D eigenvalue weighted by molar-refractivity contribution is 6.31. The van der Waals surface area contributed by atoms with Crippen molar-refractivity contribution in [3.8, 4) is 0 Å². The van der Waals surface area contributed by atoms with Crippen molar-refractivity contribution in [3.63, 3.8) is 0 Å².